The molecule has 1 aromatic rings. The molecule has 1 unspecified atom stereocenters. The Morgan fingerprint density at radius 2 is 2.05 bits per heavy atom. The third kappa shape index (κ3) is 4.06. The highest BCUT2D eigenvalue weighted by molar-refractivity contribution is 9.10. The van der Waals surface area contributed by atoms with Crippen molar-refractivity contribution in [2.45, 2.75) is 52.1 Å². The molecule has 1 atom stereocenters. The average Bonchev–Trinajstić information content (AvgIpc) is 3.22. The van der Waals surface area contributed by atoms with Crippen LogP contribution in [0.3, 0.4) is 0 Å². The number of hydrogen-bond acceptors (Lipinski definition) is 2. The van der Waals surface area contributed by atoms with Crippen molar-refractivity contribution in [2.75, 3.05) is 13.1 Å². The van der Waals surface area contributed by atoms with Gasteiger partial charge < -0.3 is 5.73 Å². The second-order valence-electron chi connectivity index (χ2n) is 6.41. The average molecular weight is 339 g/mol. The molecular weight excluding hydrogens is 312 g/mol. The molecule has 1 aliphatic rings. The first kappa shape index (κ1) is 16.0. The van der Waals surface area contributed by atoms with Crippen molar-refractivity contribution >= 4 is 15.9 Å². The van der Waals surface area contributed by atoms with Crippen molar-refractivity contribution in [3.8, 4) is 0 Å². The largest absolute Gasteiger partial charge is 0.329 e. The first-order chi connectivity index (χ1) is 9.52. The third-order valence-electron chi connectivity index (χ3n) is 4.18. The Kier molecular flexibility index (Phi) is 5.65. The maximum absolute atomic E-state index is 6.11. The van der Waals surface area contributed by atoms with Crippen LogP contribution in [0.5, 0.6) is 0 Å². The van der Waals surface area contributed by atoms with E-state index in [0.717, 1.165) is 18.5 Å². The van der Waals surface area contributed by atoms with Gasteiger partial charge >= 0.3 is 0 Å². The van der Waals surface area contributed by atoms with E-state index in [0.29, 0.717) is 12.6 Å². The van der Waals surface area contributed by atoms with Gasteiger partial charge in [0.15, 0.2) is 0 Å². The molecule has 0 spiro atoms. The molecule has 0 saturated heterocycles. The standard InChI is InChI=1S/C17H27BrN2/c1-12(2)8-9-20(15-6-7-15)17(11-19)14-5-4-13(3)16(18)10-14/h4-5,10,12,15,17H,6-9,11,19H2,1-3H3. The highest BCUT2D eigenvalue weighted by Gasteiger charge is 2.33. The lowest BCUT2D eigenvalue weighted by atomic mass is 10.0. The predicted molar refractivity (Wildman–Crippen MR) is 89.9 cm³/mol. The summed E-state index contributed by atoms with van der Waals surface area (Å²) in [6, 6.07) is 7.79. The van der Waals surface area contributed by atoms with Crippen LogP contribution in [-0.2, 0) is 0 Å². The Morgan fingerprint density at radius 1 is 1.35 bits per heavy atom. The number of halogens is 1. The molecule has 112 valence electrons. The molecular formula is C17H27BrN2. The van der Waals surface area contributed by atoms with Crippen LogP contribution in [0.1, 0.15) is 50.3 Å². The van der Waals surface area contributed by atoms with Gasteiger partial charge in [0.05, 0.1) is 0 Å². The molecule has 0 aliphatic heterocycles. The fraction of sp³-hybridized carbons (Fsp3) is 0.647. The minimum atomic E-state index is 0.359. The number of nitrogens with zero attached hydrogens (tertiary/aromatic N) is 1. The summed E-state index contributed by atoms with van der Waals surface area (Å²) in [5.41, 5.74) is 8.74. The molecule has 2 nitrogen and oxygen atoms in total. The lowest BCUT2D eigenvalue weighted by Crippen LogP contribution is -2.36. The fourth-order valence-corrected chi connectivity index (χ4v) is 3.08. The van der Waals surface area contributed by atoms with Gasteiger partial charge in [-0.05, 0) is 55.8 Å². The Hall–Kier alpha value is -0.380. The molecule has 1 saturated carbocycles. The summed E-state index contributed by atoms with van der Waals surface area (Å²) in [7, 11) is 0. The highest BCUT2D eigenvalue weighted by atomic mass is 79.9. The Morgan fingerprint density at radius 3 is 2.55 bits per heavy atom. The van der Waals surface area contributed by atoms with Gasteiger partial charge in [-0.15, -0.1) is 0 Å². The molecule has 0 bridgehead atoms. The number of nitrogens with two attached hydrogens (primary N) is 1. The van der Waals surface area contributed by atoms with Gasteiger partial charge in [-0.25, -0.2) is 0 Å². The predicted octanol–water partition coefficient (Wildman–Crippen LogP) is 4.27. The fourth-order valence-electron chi connectivity index (χ4n) is 2.69. The molecule has 0 radical (unpaired) electrons. The zero-order valence-corrected chi connectivity index (χ0v) is 14.5. The van der Waals surface area contributed by atoms with Crippen molar-refractivity contribution in [1.29, 1.82) is 0 Å². The number of benzene rings is 1. The third-order valence-corrected chi connectivity index (χ3v) is 5.04. The monoisotopic (exact) mass is 338 g/mol. The SMILES string of the molecule is Cc1ccc(C(CN)N(CCC(C)C)C2CC2)cc1Br. The second-order valence-corrected chi connectivity index (χ2v) is 7.27. The summed E-state index contributed by atoms with van der Waals surface area (Å²) in [5, 5.41) is 0. The van der Waals surface area contributed by atoms with Crippen LogP contribution in [0.25, 0.3) is 0 Å². The van der Waals surface area contributed by atoms with Gasteiger partial charge in [0, 0.05) is 23.1 Å². The normalized spacial score (nSPS) is 16.9. The molecule has 0 amide bonds. The minimum absolute atomic E-state index is 0.359. The van der Waals surface area contributed by atoms with Crippen LogP contribution in [0.15, 0.2) is 22.7 Å². The first-order valence-electron chi connectivity index (χ1n) is 7.74. The van der Waals surface area contributed by atoms with Crippen LogP contribution < -0.4 is 5.73 Å². The highest BCUT2D eigenvalue weighted by Crippen LogP contribution is 2.35. The van der Waals surface area contributed by atoms with Gasteiger partial charge in [0.25, 0.3) is 0 Å². The molecule has 3 heteroatoms. The van der Waals surface area contributed by atoms with Crippen molar-refractivity contribution in [1.82, 2.24) is 4.90 Å². The molecule has 2 N–H and O–H groups in total. The summed E-state index contributed by atoms with van der Waals surface area (Å²) in [5.74, 6) is 0.749. The molecule has 0 heterocycles. The van der Waals surface area contributed by atoms with E-state index >= 15 is 0 Å². The Balaban J connectivity index is 2.16. The van der Waals surface area contributed by atoms with Gasteiger partial charge in [0.2, 0.25) is 0 Å². The smallest absolute Gasteiger partial charge is 0.0473 e. The van der Waals surface area contributed by atoms with E-state index in [1.54, 1.807) is 0 Å². The van der Waals surface area contributed by atoms with Crippen molar-refractivity contribution in [3.05, 3.63) is 33.8 Å². The van der Waals surface area contributed by atoms with Crippen LogP contribution >= 0.6 is 15.9 Å². The topological polar surface area (TPSA) is 29.3 Å². The van der Waals surface area contributed by atoms with Gasteiger partial charge in [-0.3, -0.25) is 4.90 Å². The van der Waals surface area contributed by atoms with Crippen LogP contribution in [0.2, 0.25) is 0 Å². The molecule has 1 aromatic carbocycles. The van der Waals surface area contributed by atoms with E-state index in [2.05, 4.69) is 59.8 Å². The van der Waals surface area contributed by atoms with E-state index in [9.17, 15) is 0 Å². The van der Waals surface area contributed by atoms with E-state index in [1.165, 1.54) is 34.9 Å². The number of hydrogen-bond donors (Lipinski definition) is 1. The molecule has 1 fully saturated rings. The van der Waals surface area contributed by atoms with E-state index in [1.807, 2.05) is 0 Å². The maximum Gasteiger partial charge on any atom is 0.0473 e. The summed E-state index contributed by atoms with van der Waals surface area (Å²) in [6.07, 6.45) is 3.92. The van der Waals surface area contributed by atoms with Crippen LogP contribution in [-0.4, -0.2) is 24.0 Å². The van der Waals surface area contributed by atoms with Crippen LogP contribution in [0, 0.1) is 12.8 Å². The molecule has 20 heavy (non-hydrogen) atoms. The van der Waals surface area contributed by atoms with Gasteiger partial charge in [0.1, 0.15) is 0 Å². The van der Waals surface area contributed by atoms with Gasteiger partial charge in [-0.1, -0.05) is 41.9 Å². The molecule has 1 aliphatic carbocycles. The summed E-state index contributed by atoms with van der Waals surface area (Å²) in [4.78, 5) is 2.64. The van der Waals surface area contributed by atoms with Crippen molar-refractivity contribution in [3.63, 3.8) is 0 Å². The summed E-state index contributed by atoms with van der Waals surface area (Å²) < 4.78 is 1.19. The van der Waals surface area contributed by atoms with Crippen molar-refractivity contribution < 1.29 is 0 Å². The zero-order valence-electron chi connectivity index (χ0n) is 12.9. The lowest BCUT2D eigenvalue weighted by Gasteiger charge is -2.32. The van der Waals surface area contributed by atoms with Crippen LogP contribution in [0.4, 0.5) is 0 Å². The first-order valence-corrected chi connectivity index (χ1v) is 8.54. The minimum Gasteiger partial charge on any atom is -0.329 e. The van der Waals surface area contributed by atoms with E-state index in [-0.39, 0.29) is 0 Å². The Bertz CT molecular complexity index is 441. The number of rotatable bonds is 7. The van der Waals surface area contributed by atoms with E-state index < -0.39 is 0 Å². The maximum atomic E-state index is 6.11. The second kappa shape index (κ2) is 7.06. The lowest BCUT2D eigenvalue weighted by molar-refractivity contribution is 0.181. The Labute approximate surface area is 131 Å². The summed E-state index contributed by atoms with van der Waals surface area (Å²) >= 11 is 3.65. The van der Waals surface area contributed by atoms with Gasteiger partial charge in [-0.2, -0.15) is 0 Å². The molecule has 0 aromatic heterocycles. The number of aryl methyl sites for hydroxylation is 1. The summed E-state index contributed by atoms with van der Waals surface area (Å²) in [6.45, 7) is 8.58. The quantitative estimate of drug-likeness (QED) is 0.804. The molecule has 2 rings (SSSR count). The van der Waals surface area contributed by atoms with Crippen molar-refractivity contribution in [2.24, 2.45) is 11.7 Å². The zero-order chi connectivity index (χ0) is 14.7. The van der Waals surface area contributed by atoms with E-state index in [4.69, 9.17) is 5.73 Å².